The Morgan fingerprint density at radius 3 is 1.38 bits per heavy atom. The second kappa shape index (κ2) is 8.88. The first-order chi connectivity index (χ1) is 20.8. The van der Waals surface area contributed by atoms with Gasteiger partial charge in [0.15, 0.2) is 0 Å². The fourth-order valence-electron chi connectivity index (χ4n) is 6.44. The zero-order valence-electron chi connectivity index (χ0n) is 22.5. The molecule has 0 unspecified atom stereocenters. The van der Waals surface area contributed by atoms with E-state index in [2.05, 4.69) is 97.1 Å². The fraction of sp³-hybridized carbons (Fsp3) is 0. The van der Waals surface area contributed by atoms with Crippen molar-refractivity contribution in [3.05, 3.63) is 134 Å². The summed E-state index contributed by atoms with van der Waals surface area (Å²) >= 11 is 0. The first kappa shape index (κ1) is 23.0. The molecule has 9 rings (SSSR count). The van der Waals surface area contributed by atoms with Crippen LogP contribution in [0, 0.1) is 0 Å². The predicted molar refractivity (Wildman–Crippen MR) is 174 cm³/mol. The fourth-order valence-corrected chi connectivity index (χ4v) is 6.44. The van der Waals surface area contributed by atoms with Gasteiger partial charge in [-0.05, 0) is 41.5 Å². The summed E-state index contributed by atoms with van der Waals surface area (Å²) < 4.78 is 0. The van der Waals surface area contributed by atoms with Crippen LogP contribution in [-0.4, -0.2) is 19.9 Å². The van der Waals surface area contributed by atoms with Crippen molar-refractivity contribution in [3.63, 3.8) is 0 Å². The van der Waals surface area contributed by atoms with Gasteiger partial charge in [0, 0.05) is 55.8 Å². The van der Waals surface area contributed by atoms with Crippen LogP contribution in [0.1, 0.15) is 0 Å². The van der Waals surface area contributed by atoms with E-state index in [1.54, 1.807) is 0 Å². The van der Waals surface area contributed by atoms with Crippen molar-refractivity contribution in [2.75, 3.05) is 0 Å². The smallest absolute Gasteiger partial charge is 0.0978 e. The molecule has 4 heterocycles. The van der Waals surface area contributed by atoms with Gasteiger partial charge in [0.2, 0.25) is 0 Å². The third kappa shape index (κ3) is 3.36. The molecule has 0 saturated carbocycles. The molecule has 0 aliphatic carbocycles. The summed E-state index contributed by atoms with van der Waals surface area (Å²) in [5, 5.41) is 6.61. The van der Waals surface area contributed by atoms with E-state index in [1.165, 1.54) is 11.1 Å². The molecule has 0 saturated heterocycles. The quantitative estimate of drug-likeness (QED) is 0.164. The number of fused-ring (bicyclic) bond motifs is 8. The number of rotatable bonds is 2. The zero-order chi connectivity index (χ0) is 27.6. The first-order valence-corrected chi connectivity index (χ1v) is 14.1. The Bertz CT molecular complexity index is 2360. The molecule has 4 aromatic heterocycles. The Morgan fingerprint density at radius 1 is 0.357 bits per heavy atom. The van der Waals surface area contributed by atoms with Gasteiger partial charge in [0.1, 0.15) is 0 Å². The molecule has 0 spiro atoms. The van der Waals surface area contributed by atoms with E-state index in [-0.39, 0.29) is 0 Å². The average Bonchev–Trinajstić information content (AvgIpc) is 3.06. The van der Waals surface area contributed by atoms with Gasteiger partial charge >= 0.3 is 0 Å². The Balaban J connectivity index is 1.39. The van der Waals surface area contributed by atoms with Crippen LogP contribution in [0.3, 0.4) is 0 Å². The van der Waals surface area contributed by atoms with Crippen molar-refractivity contribution in [2.24, 2.45) is 0 Å². The van der Waals surface area contributed by atoms with Crippen molar-refractivity contribution in [2.45, 2.75) is 0 Å². The van der Waals surface area contributed by atoms with E-state index in [0.717, 1.165) is 76.5 Å². The van der Waals surface area contributed by atoms with Crippen LogP contribution in [0.4, 0.5) is 0 Å². The molecule has 0 aliphatic rings. The van der Waals surface area contributed by atoms with Crippen molar-refractivity contribution < 1.29 is 0 Å². The number of hydrogen-bond donors (Lipinski definition) is 0. The van der Waals surface area contributed by atoms with Gasteiger partial charge in [-0.25, -0.2) is 9.97 Å². The molecular formula is C38H22N4. The lowest BCUT2D eigenvalue weighted by atomic mass is 9.90. The molecule has 5 aromatic carbocycles. The summed E-state index contributed by atoms with van der Waals surface area (Å²) in [4.78, 5) is 19.7. The minimum absolute atomic E-state index is 0.920. The minimum atomic E-state index is 0.920. The molecule has 42 heavy (non-hydrogen) atoms. The van der Waals surface area contributed by atoms with Crippen molar-refractivity contribution in [1.29, 1.82) is 0 Å². The number of para-hydroxylation sites is 2. The summed E-state index contributed by atoms with van der Waals surface area (Å²) in [5.41, 5.74) is 10.2. The van der Waals surface area contributed by atoms with Crippen LogP contribution in [0.2, 0.25) is 0 Å². The standard InChI is InChI=1S/C38H22N4/c1-3-14-31-27(12-1)33(29-18-16-23-10-6-20-39-35(23)37(29)41-31)25-8-5-9-26(22-25)34-28-13-2-4-15-32(28)42-38-30(34)19-17-24-11-7-21-40-36(24)38/h1-22H. The van der Waals surface area contributed by atoms with Gasteiger partial charge in [-0.1, -0.05) is 91.0 Å². The molecule has 0 bridgehead atoms. The highest BCUT2D eigenvalue weighted by Gasteiger charge is 2.17. The molecule has 0 aliphatic heterocycles. The molecule has 194 valence electrons. The number of aromatic nitrogens is 4. The molecule has 4 heteroatoms. The number of hydrogen-bond acceptors (Lipinski definition) is 4. The van der Waals surface area contributed by atoms with E-state index in [0.29, 0.717) is 0 Å². The van der Waals surface area contributed by atoms with Crippen LogP contribution in [0.5, 0.6) is 0 Å². The van der Waals surface area contributed by atoms with Gasteiger partial charge in [-0.3, -0.25) is 9.97 Å². The highest BCUT2D eigenvalue weighted by atomic mass is 14.8. The lowest BCUT2D eigenvalue weighted by Crippen LogP contribution is -1.93. The van der Waals surface area contributed by atoms with E-state index in [9.17, 15) is 0 Å². The summed E-state index contributed by atoms with van der Waals surface area (Å²) in [6.07, 6.45) is 3.69. The highest BCUT2D eigenvalue weighted by Crippen LogP contribution is 2.41. The van der Waals surface area contributed by atoms with Gasteiger partial charge in [-0.2, -0.15) is 0 Å². The van der Waals surface area contributed by atoms with Gasteiger partial charge < -0.3 is 0 Å². The number of benzene rings is 5. The van der Waals surface area contributed by atoms with Crippen molar-refractivity contribution >= 4 is 65.4 Å². The van der Waals surface area contributed by atoms with Gasteiger partial charge in [-0.15, -0.1) is 0 Å². The minimum Gasteiger partial charge on any atom is -0.254 e. The lowest BCUT2D eigenvalue weighted by molar-refractivity contribution is 1.40. The molecule has 0 N–H and O–H groups in total. The number of pyridine rings is 4. The van der Waals surface area contributed by atoms with E-state index in [4.69, 9.17) is 19.9 Å². The Labute approximate surface area is 241 Å². The van der Waals surface area contributed by atoms with Crippen LogP contribution >= 0.6 is 0 Å². The van der Waals surface area contributed by atoms with Crippen LogP contribution < -0.4 is 0 Å². The molecule has 4 nitrogen and oxygen atoms in total. The number of nitrogens with zero attached hydrogens (tertiary/aromatic N) is 4. The monoisotopic (exact) mass is 534 g/mol. The zero-order valence-corrected chi connectivity index (χ0v) is 22.5. The largest absolute Gasteiger partial charge is 0.254 e. The van der Waals surface area contributed by atoms with Gasteiger partial charge in [0.25, 0.3) is 0 Å². The molecule has 0 fully saturated rings. The SMILES string of the molecule is c1cc(-c2c3ccccc3nc3c2ccc2cccnc23)cc(-c2c3ccccc3nc3c2ccc2cccnc23)c1. The highest BCUT2D eigenvalue weighted by molar-refractivity contribution is 6.18. The normalized spacial score (nSPS) is 11.8. The molecular weight excluding hydrogens is 512 g/mol. The van der Waals surface area contributed by atoms with Crippen molar-refractivity contribution in [1.82, 2.24) is 19.9 Å². The molecule has 0 radical (unpaired) electrons. The summed E-state index contributed by atoms with van der Waals surface area (Å²) in [5.74, 6) is 0. The Kier molecular flexibility index (Phi) is 4.87. The predicted octanol–water partition coefficient (Wildman–Crippen LogP) is 9.52. The summed E-state index contributed by atoms with van der Waals surface area (Å²) in [6.45, 7) is 0. The maximum absolute atomic E-state index is 5.11. The second-order valence-corrected chi connectivity index (χ2v) is 10.7. The Morgan fingerprint density at radius 2 is 0.857 bits per heavy atom. The van der Waals surface area contributed by atoms with E-state index < -0.39 is 0 Å². The van der Waals surface area contributed by atoms with Crippen LogP contribution in [0.15, 0.2) is 134 Å². The molecule has 0 atom stereocenters. The summed E-state index contributed by atoms with van der Waals surface area (Å²) in [7, 11) is 0. The third-order valence-electron chi connectivity index (χ3n) is 8.29. The van der Waals surface area contributed by atoms with Gasteiger partial charge in [0.05, 0.1) is 33.1 Å². The average molecular weight is 535 g/mol. The maximum Gasteiger partial charge on any atom is 0.0978 e. The van der Waals surface area contributed by atoms with Crippen LogP contribution in [-0.2, 0) is 0 Å². The second-order valence-electron chi connectivity index (χ2n) is 10.7. The topological polar surface area (TPSA) is 51.6 Å². The maximum atomic E-state index is 5.11. The van der Waals surface area contributed by atoms with E-state index in [1.807, 2.05) is 36.7 Å². The van der Waals surface area contributed by atoms with Crippen LogP contribution in [0.25, 0.3) is 87.7 Å². The third-order valence-corrected chi connectivity index (χ3v) is 8.29. The lowest BCUT2D eigenvalue weighted by Gasteiger charge is -2.16. The molecule has 0 amide bonds. The Hall–Kier alpha value is -5.74. The molecule has 9 aromatic rings. The van der Waals surface area contributed by atoms with E-state index >= 15 is 0 Å². The first-order valence-electron chi connectivity index (χ1n) is 14.1. The van der Waals surface area contributed by atoms with Crippen molar-refractivity contribution in [3.8, 4) is 22.3 Å². The summed E-state index contributed by atoms with van der Waals surface area (Å²) in [6, 6.07) is 42.5.